The molecule has 7 heteroatoms. The Bertz CT molecular complexity index is 571. The minimum atomic E-state index is -3.16. The number of carbonyl (C=O) groups is 1. The fourth-order valence-electron chi connectivity index (χ4n) is 1.92. The summed E-state index contributed by atoms with van der Waals surface area (Å²) in [5, 5.41) is 0. The molecule has 0 aliphatic rings. The number of pyridine rings is 1. The van der Waals surface area contributed by atoms with E-state index >= 15 is 0 Å². The molecule has 124 valence electrons. The molecule has 0 fully saturated rings. The molecule has 2 atom stereocenters. The molecule has 0 aliphatic heterocycles. The number of ether oxygens (including phenoxy) is 1. The fourth-order valence-corrected chi connectivity index (χ4v) is 3.95. The Labute approximate surface area is 140 Å². The molecule has 22 heavy (non-hydrogen) atoms. The van der Waals surface area contributed by atoms with Crippen molar-refractivity contribution in [2.24, 2.45) is 0 Å². The van der Waals surface area contributed by atoms with Crippen LogP contribution in [-0.2, 0) is 25.0 Å². The Morgan fingerprint density at radius 3 is 2.55 bits per heavy atom. The first kappa shape index (κ1) is 19.3. The third-order valence-electron chi connectivity index (χ3n) is 2.81. The monoisotopic (exact) mass is 391 g/mol. The predicted molar refractivity (Wildman–Crippen MR) is 90.4 cm³/mol. The van der Waals surface area contributed by atoms with Crippen LogP contribution < -0.4 is 0 Å². The van der Waals surface area contributed by atoms with Gasteiger partial charge in [-0.05, 0) is 55.8 Å². The smallest absolute Gasteiger partial charge is 0.319 e. The van der Waals surface area contributed by atoms with Crippen molar-refractivity contribution in [3.63, 3.8) is 0 Å². The summed E-state index contributed by atoms with van der Waals surface area (Å²) in [6, 6.07) is 5.40. The SMILES string of the molecule is CCOP(C)(=O)C(Cc1cccc(Br)n1)C(=O)OC(C)(C)C. The van der Waals surface area contributed by atoms with Gasteiger partial charge in [0.05, 0.1) is 6.61 Å². The minimum absolute atomic E-state index is 0.210. The average molecular weight is 392 g/mol. The number of hydrogen-bond acceptors (Lipinski definition) is 5. The van der Waals surface area contributed by atoms with Crippen molar-refractivity contribution in [2.75, 3.05) is 13.3 Å². The highest BCUT2D eigenvalue weighted by molar-refractivity contribution is 9.10. The zero-order chi connectivity index (χ0) is 17.0. The maximum Gasteiger partial charge on any atom is 0.319 e. The van der Waals surface area contributed by atoms with Gasteiger partial charge in [0.2, 0.25) is 7.37 Å². The molecule has 2 unspecified atom stereocenters. The molecule has 0 radical (unpaired) electrons. The van der Waals surface area contributed by atoms with E-state index in [0.29, 0.717) is 10.3 Å². The van der Waals surface area contributed by atoms with Crippen molar-refractivity contribution in [1.82, 2.24) is 4.98 Å². The standard InChI is InChI=1S/C15H23BrNO4P/c1-6-20-22(5,19)12(14(18)21-15(2,3)4)10-11-8-7-9-13(16)17-11/h7-9,12H,6,10H2,1-5H3. The summed E-state index contributed by atoms with van der Waals surface area (Å²) in [6.07, 6.45) is 0.210. The number of esters is 1. The molecule has 0 aromatic carbocycles. The Kier molecular flexibility index (Phi) is 6.78. The number of hydrogen-bond donors (Lipinski definition) is 0. The Morgan fingerprint density at radius 1 is 1.41 bits per heavy atom. The lowest BCUT2D eigenvalue weighted by Crippen LogP contribution is -2.33. The highest BCUT2D eigenvalue weighted by atomic mass is 79.9. The van der Waals surface area contributed by atoms with Gasteiger partial charge in [-0.1, -0.05) is 6.07 Å². The van der Waals surface area contributed by atoms with Crippen molar-refractivity contribution in [3.8, 4) is 0 Å². The van der Waals surface area contributed by atoms with E-state index in [4.69, 9.17) is 9.26 Å². The Balaban J connectivity index is 3.06. The molecule has 1 aromatic rings. The third kappa shape index (κ3) is 6.19. The molecule has 0 bridgehead atoms. The van der Waals surface area contributed by atoms with E-state index in [-0.39, 0.29) is 13.0 Å². The quantitative estimate of drug-likeness (QED) is 0.415. The number of carbonyl (C=O) groups excluding carboxylic acids is 1. The topological polar surface area (TPSA) is 65.5 Å². The largest absolute Gasteiger partial charge is 0.459 e. The molecule has 1 heterocycles. The van der Waals surface area contributed by atoms with Gasteiger partial charge in [-0.15, -0.1) is 0 Å². The van der Waals surface area contributed by atoms with E-state index < -0.39 is 24.6 Å². The van der Waals surface area contributed by atoms with Gasteiger partial charge in [0.25, 0.3) is 0 Å². The van der Waals surface area contributed by atoms with Gasteiger partial charge in [0.1, 0.15) is 15.9 Å². The second kappa shape index (κ2) is 7.71. The van der Waals surface area contributed by atoms with Crippen LogP contribution >= 0.6 is 23.3 Å². The van der Waals surface area contributed by atoms with Crippen molar-refractivity contribution < 1.29 is 18.6 Å². The van der Waals surface area contributed by atoms with E-state index in [2.05, 4.69) is 20.9 Å². The van der Waals surface area contributed by atoms with Crippen molar-refractivity contribution in [3.05, 3.63) is 28.5 Å². The molecular formula is C15H23BrNO4P. The number of rotatable bonds is 6. The Hall–Kier alpha value is -0.710. The molecule has 1 aromatic heterocycles. The van der Waals surface area contributed by atoms with Crippen LogP contribution in [0.2, 0.25) is 0 Å². The zero-order valence-electron chi connectivity index (χ0n) is 13.6. The summed E-state index contributed by atoms with van der Waals surface area (Å²) in [5.74, 6) is -0.520. The van der Waals surface area contributed by atoms with Gasteiger partial charge in [-0.3, -0.25) is 9.36 Å². The van der Waals surface area contributed by atoms with Gasteiger partial charge in [-0.25, -0.2) is 4.98 Å². The normalized spacial score (nSPS) is 15.9. The van der Waals surface area contributed by atoms with E-state index in [1.54, 1.807) is 39.8 Å². The molecule has 0 N–H and O–H groups in total. The average Bonchev–Trinajstić information content (AvgIpc) is 2.33. The molecule has 5 nitrogen and oxygen atoms in total. The third-order valence-corrected chi connectivity index (χ3v) is 5.54. The molecule has 0 amide bonds. The van der Waals surface area contributed by atoms with Gasteiger partial charge in [0.15, 0.2) is 0 Å². The van der Waals surface area contributed by atoms with Crippen LogP contribution in [0.1, 0.15) is 33.4 Å². The second-order valence-corrected chi connectivity index (χ2v) is 9.54. The highest BCUT2D eigenvalue weighted by Gasteiger charge is 2.38. The highest BCUT2D eigenvalue weighted by Crippen LogP contribution is 2.50. The molecule has 1 rings (SSSR count). The molecule has 0 saturated heterocycles. The second-order valence-electron chi connectivity index (χ2n) is 6.03. The molecular weight excluding hydrogens is 369 g/mol. The lowest BCUT2D eigenvalue weighted by atomic mass is 10.2. The first-order valence-corrected chi connectivity index (χ1v) is 10.0. The lowest BCUT2D eigenvalue weighted by Gasteiger charge is -2.27. The summed E-state index contributed by atoms with van der Waals surface area (Å²) < 4.78 is 24.2. The van der Waals surface area contributed by atoms with Gasteiger partial charge < -0.3 is 9.26 Å². The van der Waals surface area contributed by atoms with Crippen molar-refractivity contribution in [1.29, 1.82) is 0 Å². The van der Waals surface area contributed by atoms with Crippen LogP contribution in [0, 0.1) is 0 Å². The van der Waals surface area contributed by atoms with Gasteiger partial charge in [-0.2, -0.15) is 0 Å². The number of nitrogens with zero attached hydrogens (tertiary/aromatic N) is 1. The molecule has 0 aliphatic carbocycles. The number of halogens is 1. The lowest BCUT2D eigenvalue weighted by molar-refractivity contribution is -0.154. The fraction of sp³-hybridized carbons (Fsp3) is 0.600. The van der Waals surface area contributed by atoms with Crippen LogP contribution in [0.4, 0.5) is 0 Å². The first-order valence-electron chi connectivity index (χ1n) is 7.11. The van der Waals surface area contributed by atoms with Crippen molar-refractivity contribution >= 4 is 29.3 Å². The summed E-state index contributed by atoms with van der Waals surface area (Å²) in [4.78, 5) is 16.8. The predicted octanol–water partition coefficient (Wildman–Crippen LogP) is 4.04. The van der Waals surface area contributed by atoms with Crippen LogP contribution in [0.3, 0.4) is 0 Å². The maximum absolute atomic E-state index is 12.8. The zero-order valence-corrected chi connectivity index (χ0v) is 16.1. The van der Waals surface area contributed by atoms with Crippen LogP contribution in [0.15, 0.2) is 22.8 Å². The van der Waals surface area contributed by atoms with E-state index in [1.807, 2.05) is 6.07 Å². The van der Waals surface area contributed by atoms with Crippen molar-refractivity contribution in [2.45, 2.75) is 45.4 Å². The molecule has 0 saturated carbocycles. The van der Waals surface area contributed by atoms with Crippen LogP contribution in [0.25, 0.3) is 0 Å². The minimum Gasteiger partial charge on any atom is -0.459 e. The van der Waals surface area contributed by atoms with Crippen LogP contribution in [0.5, 0.6) is 0 Å². The van der Waals surface area contributed by atoms with Gasteiger partial charge in [0, 0.05) is 18.8 Å². The maximum atomic E-state index is 12.8. The van der Waals surface area contributed by atoms with E-state index in [1.165, 1.54) is 6.66 Å². The van der Waals surface area contributed by atoms with E-state index in [0.717, 1.165) is 0 Å². The van der Waals surface area contributed by atoms with Gasteiger partial charge >= 0.3 is 5.97 Å². The van der Waals surface area contributed by atoms with E-state index in [9.17, 15) is 9.36 Å². The van der Waals surface area contributed by atoms with Crippen LogP contribution in [-0.4, -0.2) is 35.5 Å². The molecule has 0 spiro atoms. The Morgan fingerprint density at radius 2 is 2.05 bits per heavy atom. The summed E-state index contributed by atoms with van der Waals surface area (Å²) in [5.41, 5.74) is -0.854. The first-order chi connectivity index (χ1) is 10.0. The summed E-state index contributed by atoms with van der Waals surface area (Å²) >= 11 is 3.29. The summed E-state index contributed by atoms with van der Waals surface area (Å²) in [7, 11) is -3.16. The number of aromatic nitrogens is 1. The summed E-state index contributed by atoms with van der Waals surface area (Å²) in [6.45, 7) is 8.84.